The molecule has 1 aromatic carbocycles. The van der Waals surface area contributed by atoms with Gasteiger partial charge in [0.15, 0.2) is 0 Å². The van der Waals surface area contributed by atoms with Gasteiger partial charge in [-0.2, -0.15) is 0 Å². The maximum Gasteiger partial charge on any atom is 0.265 e. The third-order valence-electron chi connectivity index (χ3n) is 2.24. The van der Waals surface area contributed by atoms with Crippen molar-refractivity contribution in [3.63, 3.8) is 0 Å². The van der Waals surface area contributed by atoms with Gasteiger partial charge in [-0.05, 0) is 17.7 Å². The van der Waals surface area contributed by atoms with Gasteiger partial charge in [0.1, 0.15) is 0 Å². The van der Waals surface area contributed by atoms with Gasteiger partial charge in [0.2, 0.25) is 0 Å². The van der Waals surface area contributed by atoms with E-state index in [9.17, 15) is 8.78 Å². The molecule has 4 heteroatoms. The lowest BCUT2D eigenvalue weighted by Crippen LogP contribution is -1.92. The summed E-state index contributed by atoms with van der Waals surface area (Å²) in [5.74, 6) is 0. The summed E-state index contributed by atoms with van der Waals surface area (Å²) in [6, 6.07) is 8.51. The smallest absolute Gasteiger partial charge is 0.264 e. The summed E-state index contributed by atoms with van der Waals surface area (Å²) in [6.07, 6.45) is 0.683. The van der Waals surface area contributed by atoms with Crippen LogP contribution in [0, 0.1) is 0 Å². The molecule has 2 rings (SSSR count). The minimum absolute atomic E-state index is 0.00972. The fraction of sp³-hybridized carbons (Fsp3) is 0.0833. The zero-order valence-corrected chi connectivity index (χ0v) is 9.79. The third kappa shape index (κ3) is 2.11. The van der Waals surface area contributed by atoms with Crippen LogP contribution >= 0.6 is 15.9 Å². The van der Waals surface area contributed by atoms with Crippen LogP contribution in [0.5, 0.6) is 0 Å². The number of alkyl halides is 2. The van der Waals surface area contributed by atoms with Crippen LogP contribution in [-0.4, -0.2) is 4.98 Å². The fourth-order valence-corrected chi connectivity index (χ4v) is 2.07. The molecule has 0 aliphatic heterocycles. The molecule has 1 heterocycles. The lowest BCUT2D eigenvalue weighted by Gasteiger charge is -2.10. The fourth-order valence-electron chi connectivity index (χ4n) is 1.53. The summed E-state index contributed by atoms with van der Waals surface area (Å²) < 4.78 is 26.3. The largest absolute Gasteiger partial charge is 0.265 e. The van der Waals surface area contributed by atoms with E-state index in [0.717, 1.165) is 0 Å². The maximum absolute atomic E-state index is 12.9. The molecule has 1 aromatic heterocycles. The van der Waals surface area contributed by atoms with Crippen molar-refractivity contribution < 1.29 is 8.78 Å². The van der Waals surface area contributed by atoms with Crippen molar-refractivity contribution in [3.8, 4) is 11.1 Å². The minimum atomic E-state index is -2.51. The highest BCUT2D eigenvalue weighted by Gasteiger charge is 2.17. The van der Waals surface area contributed by atoms with Crippen LogP contribution in [0.4, 0.5) is 8.78 Å². The number of hydrogen-bond donors (Lipinski definition) is 0. The van der Waals surface area contributed by atoms with Crippen LogP contribution in [0.2, 0.25) is 0 Å². The molecule has 0 aliphatic carbocycles. The number of hydrogen-bond acceptors (Lipinski definition) is 1. The van der Waals surface area contributed by atoms with Gasteiger partial charge < -0.3 is 0 Å². The van der Waals surface area contributed by atoms with Gasteiger partial charge in [-0.25, -0.2) is 8.78 Å². The highest BCUT2D eigenvalue weighted by molar-refractivity contribution is 9.10. The Morgan fingerprint density at radius 2 is 1.94 bits per heavy atom. The SMILES string of the molecule is FC(F)c1c(Br)cccc1-c1cccnc1. The molecule has 0 spiro atoms. The van der Waals surface area contributed by atoms with E-state index in [-0.39, 0.29) is 5.56 Å². The molecule has 0 unspecified atom stereocenters. The van der Waals surface area contributed by atoms with E-state index in [2.05, 4.69) is 20.9 Å². The Hall–Kier alpha value is -1.29. The van der Waals surface area contributed by atoms with Gasteiger partial charge >= 0.3 is 0 Å². The molecule has 1 nitrogen and oxygen atoms in total. The van der Waals surface area contributed by atoms with Crippen molar-refractivity contribution in [3.05, 3.63) is 52.8 Å². The average Bonchev–Trinajstić information content (AvgIpc) is 2.29. The number of rotatable bonds is 2. The Labute approximate surface area is 100 Å². The van der Waals surface area contributed by atoms with Gasteiger partial charge in [-0.1, -0.05) is 34.1 Å². The zero-order valence-electron chi connectivity index (χ0n) is 8.20. The summed E-state index contributed by atoms with van der Waals surface area (Å²) >= 11 is 3.14. The summed E-state index contributed by atoms with van der Waals surface area (Å²) in [6.45, 7) is 0. The number of benzene rings is 1. The van der Waals surface area contributed by atoms with Crippen molar-refractivity contribution in [1.82, 2.24) is 4.98 Å². The quantitative estimate of drug-likeness (QED) is 0.794. The molecule has 2 aromatic rings. The number of aromatic nitrogens is 1. The van der Waals surface area contributed by atoms with E-state index in [1.54, 1.807) is 42.7 Å². The predicted octanol–water partition coefficient (Wildman–Crippen LogP) is 4.45. The van der Waals surface area contributed by atoms with Gasteiger partial charge in [-0.15, -0.1) is 0 Å². The Balaban J connectivity index is 2.61. The Bertz CT molecular complexity index is 486. The van der Waals surface area contributed by atoms with Crippen molar-refractivity contribution >= 4 is 15.9 Å². The minimum Gasteiger partial charge on any atom is -0.264 e. The highest BCUT2D eigenvalue weighted by atomic mass is 79.9. The average molecular weight is 284 g/mol. The number of halogens is 3. The second kappa shape index (κ2) is 4.70. The highest BCUT2D eigenvalue weighted by Crippen LogP contribution is 2.35. The van der Waals surface area contributed by atoms with Crippen molar-refractivity contribution in [2.75, 3.05) is 0 Å². The molecule has 0 bridgehead atoms. The van der Waals surface area contributed by atoms with Gasteiger partial charge in [-0.3, -0.25) is 4.98 Å². The van der Waals surface area contributed by atoms with Gasteiger partial charge in [0, 0.05) is 28.0 Å². The third-order valence-corrected chi connectivity index (χ3v) is 2.94. The van der Waals surface area contributed by atoms with Crippen LogP contribution in [-0.2, 0) is 0 Å². The maximum atomic E-state index is 12.9. The number of nitrogens with zero attached hydrogens (tertiary/aromatic N) is 1. The molecule has 0 N–H and O–H groups in total. The van der Waals surface area contributed by atoms with Crippen LogP contribution in [0.1, 0.15) is 12.0 Å². The first kappa shape index (κ1) is 11.2. The molecule has 0 saturated heterocycles. The molecule has 0 aliphatic rings. The van der Waals surface area contributed by atoms with Crippen LogP contribution in [0.3, 0.4) is 0 Å². The van der Waals surface area contributed by atoms with E-state index < -0.39 is 6.43 Å². The standard InChI is InChI=1S/C12H8BrF2N/c13-10-5-1-4-9(11(10)12(14)15)8-3-2-6-16-7-8/h1-7,12H. The first-order chi connectivity index (χ1) is 7.70. The normalized spacial score (nSPS) is 10.8. The van der Waals surface area contributed by atoms with E-state index in [0.29, 0.717) is 15.6 Å². The molecule has 0 atom stereocenters. The van der Waals surface area contributed by atoms with Crippen LogP contribution < -0.4 is 0 Å². The Morgan fingerprint density at radius 3 is 2.56 bits per heavy atom. The van der Waals surface area contributed by atoms with E-state index in [1.807, 2.05) is 0 Å². The lowest BCUT2D eigenvalue weighted by molar-refractivity contribution is 0.151. The summed E-state index contributed by atoms with van der Waals surface area (Å²) in [5, 5.41) is 0. The lowest BCUT2D eigenvalue weighted by atomic mass is 10.0. The molecule has 0 fully saturated rings. The molecule has 0 amide bonds. The molecule has 0 saturated carbocycles. The van der Waals surface area contributed by atoms with Crippen molar-refractivity contribution in [2.45, 2.75) is 6.43 Å². The molecule has 16 heavy (non-hydrogen) atoms. The molecule has 82 valence electrons. The second-order valence-corrected chi connectivity index (χ2v) is 4.10. The van der Waals surface area contributed by atoms with Crippen LogP contribution in [0.25, 0.3) is 11.1 Å². The van der Waals surface area contributed by atoms with Gasteiger partial charge in [0.25, 0.3) is 6.43 Å². The van der Waals surface area contributed by atoms with Crippen molar-refractivity contribution in [1.29, 1.82) is 0 Å². The van der Waals surface area contributed by atoms with E-state index >= 15 is 0 Å². The first-order valence-corrected chi connectivity index (χ1v) is 5.46. The topological polar surface area (TPSA) is 12.9 Å². The Kier molecular flexibility index (Phi) is 3.29. The number of pyridine rings is 1. The van der Waals surface area contributed by atoms with Crippen molar-refractivity contribution in [2.24, 2.45) is 0 Å². The molecular weight excluding hydrogens is 276 g/mol. The summed E-state index contributed by atoms with van der Waals surface area (Å²) in [7, 11) is 0. The van der Waals surface area contributed by atoms with E-state index in [1.165, 1.54) is 0 Å². The monoisotopic (exact) mass is 283 g/mol. The Morgan fingerprint density at radius 1 is 1.12 bits per heavy atom. The van der Waals surface area contributed by atoms with Gasteiger partial charge in [0.05, 0.1) is 0 Å². The zero-order chi connectivity index (χ0) is 11.5. The second-order valence-electron chi connectivity index (χ2n) is 3.24. The summed E-state index contributed by atoms with van der Waals surface area (Å²) in [5.41, 5.74) is 1.21. The van der Waals surface area contributed by atoms with Crippen LogP contribution in [0.15, 0.2) is 47.2 Å². The molecule has 0 radical (unpaired) electrons. The van der Waals surface area contributed by atoms with E-state index in [4.69, 9.17) is 0 Å². The first-order valence-electron chi connectivity index (χ1n) is 4.67. The summed E-state index contributed by atoms with van der Waals surface area (Å²) in [4.78, 5) is 3.93. The predicted molar refractivity (Wildman–Crippen MR) is 62.3 cm³/mol. The molecular formula is C12H8BrF2N.